The summed E-state index contributed by atoms with van der Waals surface area (Å²) in [7, 11) is 0.779. The molecule has 0 aromatic rings. The quantitative estimate of drug-likeness (QED) is 0.656. The van der Waals surface area contributed by atoms with Gasteiger partial charge in [-0.05, 0) is 19.8 Å². The molecule has 1 aliphatic rings. The van der Waals surface area contributed by atoms with Crippen LogP contribution in [0.25, 0.3) is 0 Å². The van der Waals surface area contributed by atoms with Gasteiger partial charge in [0.2, 0.25) is 0 Å². The van der Waals surface area contributed by atoms with Gasteiger partial charge in [-0.3, -0.25) is 4.79 Å². The lowest BCUT2D eigenvalue weighted by Crippen LogP contribution is -2.53. The van der Waals surface area contributed by atoms with Crippen molar-refractivity contribution in [2.45, 2.75) is 31.8 Å². The number of nitrogens with zero attached hydrogens (tertiary/aromatic N) is 2. The number of esters is 1. The molecular formula is C12H24N2O5S. The van der Waals surface area contributed by atoms with E-state index in [1.807, 2.05) is 6.92 Å². The van der Waals surface area contributed by atoms with Crippen molar-refractivity contribution in [2.75, 3.05) is 40.9 Å². The first-order chi connectivity index (χ1) is 9.25. The summed E-state index contributed by atoms with van der Waals surface area (Å²) in [6.07, 6.45) is 1.64. The molecule has 0 N–H and O–H groups in total. The first-order valence-electron chi connectivity index (χ1n) is 6.58. The molecule has 1 unspecified atom stereocenters. The molecule has 0 radical (unpaired) electrons. The van der Waals surface area contributed by atoms with Crippen molar-refractivity contribution in [2.24, 2.45) is 0 Å². The monoisotopic (exact) mass is 308 g/mol. The largest absolute Gasteiger partial charge is 0.469 e. The van der Waals surface area contributed by atoms with E-state index in [-0.39, 0.29) is 13.0 Å². The lowest BCUT2D eigenvalue weighted by molar-refractivity contribution is -0.140. The van der Waals surface area contributed by atoms with Gasteiger partial charge in [0.1, 0.15) is 0 Å². The molecule has 1 aliphatic heterocycles. The smallest absolute Gasteiger partial charge is 0.306 e. The minimum atomic E-state index is -3.57. The Labute approximate surface area is 121 Å². The first-order valence-corrected chi connectivity index (χ1v) is 7.98. The van der Waals surface area contributed by atoms with Crippen LogP contribution in [0.5, 0.6) is 0 Å². The fourth-order valence-electron chi connectivity index (χ4n) is 2.19. The van der Waals surface area contributed by atoms with Crippen LogP contribution in [0.3, 0.4) is 0 Å². The molecule has 0 saturated carbocycles. The van der Waals surface area contributed by atoms with Gasteiger partial charge in [-0.25, -0.2) is 0 Å². The zero-order valence-electron chi connectivity index (χ0n) is 12.6. The fraction of sp³-hybridized carbons (Fsp3) is 0.917. The SMILES string of the molecule is COC(=O)CCN(C)S(=O)(=O)N1CCCC(C)(OC)C1. The third kappa shape index (κ3) is 4.15. The van der Waals surface area contributed by atoms with Crippen molar-refractivity contribution < 1.29 is 22.7 Å². The Morgan fingerprint density at radius 3 is 2.60 bits per heavy atom. The molecule has 0 amide bonds. The van der Waals surface area contributed by atoms with Crippen LogP contribution in [0.1, 0.15) is 26.2 Å². The van der Waals surface area contributed by atoms with Crippen LogP contribution in [-0.4, -0.2) is 69.5 Å². The number of carbonyl (C=O) groups is 1. The van der Waals surface area contributed by atoms with Gasteiger partial charge < -0.3 is 9.47 Å². The number of rotatable bonds is 6. The second-order valence-corrected chi connectivity index (χ2v) is 7.28. The summed E-state index contributed by atoms with van der Waals surface area (Å²) < 4.78 is 37.4. The lowest BCUT2D eigenvalue weighted by Gasteiger charge is -2.39. The summed E-state index contributed by atoms with van der Waals surface area (Å²) in [6.45, 7) is 2.82. The van der Waals surface area contributed by atoms with Crippen LogP contribution in [0.2, 0.25) is 0 Å². The van der Waals surface area contributed by atoms with Crippen LogP contribution in [0.4, 0.5) is 0 Å². The fourth-order valence-corrected chi connectivity index (χ4v) is 3.70. The summed E-state index contributed by atoms with van der Waals surface area (Å²) in [5, 5.41) is 0. The number of hydrogen-bond donors (Lipinski definition) is 0. The van der Waals surface area contributed by atoms with E-state index < -0.39 is 21.8 Å². The van der Waals surface area contributed by atoms with E-state index in [0.29, 0.717) is 13.1 Å². The average Bonchev–Trinajstić information content (AvgIpc) is 2.44. The Hall–Kier alpha value is -0.700. The van der Waals surface area contributed by atoms with E-state index in [1.54, 1.807) is 7.11 Å². The second kappa shape index (κ2) is 6.84. The maximum Gasteiger partial charge on any atom is 0.306 e. The van der Waals surface area contributed by atoms with Crippen molar-refractivity contribution >= 4 is 16.2 Å². The van der Waals surface area contributed by atoms with E-state index in [2.05, 4.69) is 4.74 Å². The highest BCUT2D eigenvalue weighted by Gasteiger charge is 2.38. The molecule has 0 aromatic carbocycles. The van der Waals surface area contributed by atoms with Crippen molar-refractivity contribution in [1.29, 1.82) is 0 Å². The molecule has 1 saturated heterocycles. The van der Waals surface area contributed by atoms with Gasteiger partial charge in [-0.2, -0.15) is 17.0 Å². The van der Waals surface area contributed by atoms with E-state index in [0.717, 1.165) is 12.8 Å². The zero-order valence-corrected chi connectivity index (χ0v) is 13.4. The zero-order chi connectivity index (χ0) is 15.4. The van der Waals surface area contributed by atoms with Crippen molar-refractivity contribution in [1.82, 2.24) is 8.61 Å². The number of methoxy groups -OCH3 is 2. The number of ether oxygens (including phenoxy) is 2. The third-order valence-electron chi connectivity index (χ3n) is 3.70. The van der Waals surface area contributed by atoms with E-state index in [1.165, 1.54) is 22.8 Å². The van der Waals surface area contributed by atoms with Gasteiger partial charge >= 0.3 is 5.97 Å². The highest BCUT2D eigenvalue weighted by molar-refractivity contribution is 7.86. The van der Waals surface area contributed by atoms with Crippen LogP contribution < -0.4 is 0 Å². The highest BCUT2D eigenvalue weighted by atomic mass is 32.2. The Morgan fingerprint density at radius 2 is 2.05 bits per heavy atom. The summed E-state index contributed by atoms with van der Waals surface area (Å²) in [4.78, 5) is 11.1. The average molecular weight is 308 g/mol. The normalized spacial score (nSPS) is 24.9. The van der Waals surface area contributed by atoms with Gasteiger partial charge in [-0.1, -0.05) is 0 Å². The molecule has 1 rings (SSSR count). The van der Waals surface area contributed by atoms with Crippen molar-refractivity contribution in [3.63, 3.8) is 0 Å². The Kier molecular flexibility index (Phi) is 5.93. The van der Waals surface area contributed by atoms with Crippen molar-refractivity contribution in [3.8, 4) is 0 Å². The van der Waals surface area contributed by atoms with Gasteiger partial charge in [0.25, 0.3) is 10.2 Å². The number of piperidine rings is 1. The number of hydrogen-bond acceptors (Lipinski definition) is 5. The Bertz CT molecular complexity index is 439. The van der Waals surface area contributed by atoms with Gasteiger partial charge in [0, 0.05) is 33.8 Å². The van der Waals surface area contributed by atoms with Crippen LogP contribution in [0.15, 0.2) is 0 Å². The van der Waals surface area contributed by atoms with Crippen LogP contribution in [-0.2, 0) is 24.5 Å². The van der Waals surface area contributed by atoms with E-state index in [4.69, 9.17) is 4.74 Å². The molecule has 0 aliphatic carbocycles. The molecule has 7 nitrogen and oxygen atoms in total. The second-order valence-electron chi connectivity index (χ2n) is 5.25. The molecule has 20 heavy (non-hydrogen) atoms. The molecule has 8 heteroatoms. The minimum absolute atomic E-state index is 0.0433. The lowest BCUT2D eigenvalue weighted by atomic mass is 9.96. The molecular weight excluding hydrogens is 284 g/mol. The molecule has 1 heterocycles. The van der Waals surface area contributed by atoms with Crippen LogP contribution >= 0.6 is 0 Å². The van der Waals surface area contributed by atoms with Gasteiger partial charge in [0.05, 0.1) is 19.1 Å². The maximum absolute atomic E-state index is 12.4. The summed E-state index contributed by atoms with van der Waals surface area (Å²) in [5.74, 6) is -0.424. The minimum Gasteiger partial charge on any atom is -0.469 e. The Balaban J connectivity index is 2.69. The molecule has 1 fully saturated rings. The Morgan fingerprint density at radius 1 is 1.40 bits per heavy atom. The van der Waals surface area contributed by atoms with Crippen molar-refractivity contribution in [3.05, 3.63) is 0 Å². The van der Waals surface area contributed by atoms with Gasteiger partial charge in [-0.15, -0.1) is 0 Å². The summed E-state index contributed by atoms with van der Waals surface area (Å²) >= 11 is 0. The predicted molar refractivity (Wildman–Crippen MR) is 74.4 cm³/mol. The highest BCUT2D eigenvalue weighted by Crippen LogP contribution is 2.26. The topological polar surface area (TPSA) is 76.2 Å². The predicted octanol–water partition coefficient (Wildman–Crippen LogP) is 0.227. The third-order valence-corrected chi connectivity index (χ3v) is 5.63. The molecule has 0 spiro atoms. The molecule has 0 bridgehead atoms. The first kappa shape index (κ1) is 17.4. The van der Waals surface area contributed by atoms with E-state index in [9.17, 15) is 13.2 Å². The molecule has 1 atom stereocenters. The standard InChI is InChI=1S/C12H24N2O5S/c1-12(19-4)7-5-8-14(10-12)20(16,17)13(2)9-6-11(15)18-3/h5-10H2,1-4H3. The molecule has 0 aromatic heterocycles. The van der Waals surface area contributed by atoms with Gasteiger partial charge in [0.15, 0.2) is 0 Å². The maximum atomic E-state index is 12.4. The summed E-state index contributed by atoms with van der Waals surface area (Å²) in [6, 6.07) is 0. The summed E-state index contributed by atoms with van der Waals surface area (Å²) in [5.41, 5.74) is -0.450. The van der Waals surface area contributed by atoms with Crippen LogP contribution in [0, 0.1) is 0 Å². The van der Waals surface area contributed by atoms with E-state index >= 15 is 0 Å². The molecule has 118 valence electrons. The number of carbonyl (C=O) groups excluding carboxylic acids is 1.